The predicted octanol–water partition coefficient (Wildman–Crippen LogP) is 7.05. The summed E-state index contributed by atoms with van der Waals surface area (Å²) in [5.74, 6) is -0.721. The standard InChI is InChI=1S/C21H38O2/c1-2-3-4-5-6-7-8-9-10-11-12-13-14-15-16-17-18-19-20-21(22)23/h14-15,17-18H,2-13,16,19-20H2,1H3,(H,22,23)/b15-14-,18-17-. The van der Waals surface area contributed by atoms with Crippen molar-refractivity contribution in [2.45, 2.75) is 103 Å². The van der Waals surface area contributed by atoms with Gasteiger partial charge in [0.05, 0.1) is 0 Å². The van der Waals surface area contributed by atoms with Crippen molar-refractivity contribution < 1.29 is 9.90 Å². The SMILES string of the molecule is CCCCCCCCCCCCC/C=C\C/C=C\CCC(=O)O. The molecule has 0 saturated carbocycles. The quantitative estimate of drug-likeness (QED) is 0.230. The lowest BCUT2D eigenvalue weighted by Gasteiger charge is -2.01. The van der Waals surface area contributed by atoms with E-state index in [0.29, 0.717) is 6.42 Å². The van der Waals surface area contributed by atoms with Crippen molar-refractivity contribution in [3.8, 4) is 0 Å². The summed E-state index contributed by atoms with van der Waals surface area (Å²) in [5.41, 5.74) is 0. The molecule has 0 spiro atoms. The second-order valence-corrected chi connectivity index (χ2v) is 6.44. The summed E-state index contributed by atoms with van der Waals surface area (Å²) in [4.78, 5) is 10.3. The maximum atomic E-state index is 10.3. The first-order valence-corrected chi connectivity index (χ1v) is 9.79. The monoisotopic (exact) mass is 322 g/mol. The van der Waals surface area contributed by atoms with E-state index in [4.69, 9.17) is 5.11 Å². The number of allylic oxidation sites excluding steroid dienone is 4. The van der Waals surface area contributed by atoms with Gasteiger partial charge in [0.15, 0.2) is 0 Å². The molecule has 1 N–H and O–H groups in total. The van der Waals surface area contributed by atoms with Gasteiger partial charge in [-0.2, -0.15) is 0 Å². The van der Waals surface area contributed by atoms with Gasteiger partial charge in [0.25, 0.3) is 0 Å². The van der Waals surface area contributed by atoms with Gasteiger partial charge in [-0.25, -0.2) is 0 Å². The Morgan fingerprint density at radius 3 is 1.70 bits per heavy atom. The number of hydrogen-bond donors (Lipinski definition) is 1. The zero-order valence-electron chi connectivity index (χ0n) is 15.3. The van der Waals surface area contributed by atoms with Crippen molar-refractivity contribution in [1.82, 2.24) is 0 Å². The van der Waals surface area contributed by atoms with Crippen LogP contribution < -0.4 is 0 Å². The summed E-state index contributed by atoms with van der Waals surface area (Å²) < 4.78 is 0. The maximum absolute atomic E-state index is 10.3. The molecule has 2 nitrogen and oxygen atoms in total. The lowest BCUT2D eigenvalue weighted by molar-refractivity contribution is -0.136. The third kappa shape index (κ3) is 21.0. The Hall–Kier alpha value is -1.05. The molecule has 0 heterocycles. The Bertz CT molecular complexity index is 305. The van der Waals surface area contributed by atoms with Crippen molar-refractivity contribution in [2.75, 3.05) is 0 Å². The minimum absolute atomic E-state index is 0.235. The Morgan fingerprint density at radius 2 is 1.17 bits per heavy atom. The summed E-state index contributed by atoms with van der Waals surface area (Å²) in [5, 5.41) is 8.50. The number of rotatable bonds is 17. The van der Waals surface area contributed by atoms with Crippen LogP contribution in [0.5, 0.6) is 0 Å². The second kappa shape index (κ2) is 19.0. The fourth-order valence-electron chi connectivity index (χ4n) is 2.64. The Kier molecular flexibility index (Phi) is 18.1. The van der Waals surface area contributed by atoms with Gasteiger partial charge in [-0.3, -0.25) is 4.79 Å². The van der Waals surface area contributed by atoms with Crippen LogP contribution in [0.4, 0.5) is 0 Å². The van der Waals surface area contributed by atoms with Crippen LogP contribution in [0.15, 0.2) is 24.3 Å². The first-order valence-electron chi connectivity index (χ1n) is 9.79. The van der Waals surface area contributed by atoms with E-state index < -0.39 is 5.97 Å². The van der Waals surface area contributed by atoms with Crippen molar-refractivity contribution in [3.63, 3.8) is 0 Å². The molecule has 0 fully saturated rings. The molecule has 0 atom stereocenters. The lowest BCUT2D eigenvalue weighted by Crippen LogP contribution is -1.91. The van der Waals surface area contributed by atoms with Gasteiger partial charge in [-0.1, -0.05) is 95.4 Å². The molecule has 0 radical (unpaired) electrons. The topological polar surface area (TPSA) is 37.3 Å². The van der Waals surface area contributed by atoms with Crippen LogP contribution in [0.3, 0.4) is 0 Å². The average molecular weight is 323 g/mol. The molecule has 0 amide bonds. The summed E-state index contributed by atoms with van der Waals surface area (Å²) in [6, 6.07) is 0. The van der Waals surface area contributed by atoms with Crippen LogP contribution in [0.1, 0.15) is 103 Å². The van der Waals surface area contributed by atoms with Gasteiger partial charge in [-0.05, 0) is 25.7 Å². The van der Waals surface area contributed by atoms with Gasteiger partial charge in [-0.15, -0.1) is 0 Å². The predicted molar refractivity (Wildman–Crippen MR) is 101 cm³/mol. The molecule has 2 heteroatoms. The minimum Gasteiger partial charge on any atom is -0.481 e. The van der Waals surface area contributed by atoms with Gasteiger partial charge >= 0.3 is 5.97 Å². The highest BCUT2D eigenvalue weighted by atomic mass is 16.4. The Balaban J connectivity index is 3.15. The fraction of sp³-hybridized carbons (Fsp3) is 0.762. The summed E-state index contributed by atoms with van der Waals surface area (Å²) in [7, 11) is 0. The van der Waals surface area contributed by atoms with Gasteiger partial charge in [0.2, 0.25) is 0 Å². The zero-order chi connectivity index (χ0) is 17.0. The van der Waals surface area contributed by atoms with Crippen molar-refractivity contribution in [2.24, 2.45) is 0 Å². The van der Waals surface area contributed by atoms with Crippen LogP contribution in [0.2, 0.25) is 0 Å². The summed E-state index contributed by atoms with van der Waals surface area (Å²) >= 11 is 0. The van der Waals surface area contributed by atoms with Crippen LogP contribution in [-0.2, 0) is 4.79 Å². The Morgan fingerprint density at radius 1 is 0.696 bits per heavy atom. The van der Waals surface area contributed by atoms with E-state index in [1.54, 1.807) is 0 Å². The fourth-order valence-corrected chi connectivity index (χ4v) is 2.64. The molecule has 0 aromatic rings. The molecule has 0 aliphatic heterocycles. The van der Waals surface area contributed by atoms with E-state index in [-0.39, 0.29) is 6.42 Å². The molecule has 0 aromatic carbocycles. The second-order valence-electron chi connectivity index (χ2n) is 6.44. The van der Waals surface area contributed by atoms with Crippen LogP contribution in [-0.4, -0.2) is 11.1 Å². The molecule has 0 bridgehead atoms. The first-order chi connectivity index (χ1) is 11.3. The molecule has 0 aliphatic carbocycles. The van der Waals surface area contributed by atoms with Gasteiger partial charge in [0, 0.05) is 6.42 Å². The van der Waals surface area contributed by atoms with Gasteiger partial charge < -0.3 is 5.11 Å². The molecule has 0 aliphatic rings. The first kappa shape index (κ1) is 21.9. The van der Waals surface area contributed by atoms with E-state index in [1.807, 2.05) is 6.08 Å². The molecule has 23 heavy (non-hydrogen) atoms. The van der Waals surface area contributed by atoms with E-state index >= 15 is 0 Å². The molecule has 134 valence electrons. The smallest absolute Gasteiger partial charge is 0.303 e. The minimum atomic E-state index is -0.721. The zero-order valence-corrected chi connectivity index (χ0v) is 15.3. The number of carboxylic acid groups (broad SMARTS) is 1. The number of carbonyl (C=O) groups is 1. The van der Waals surface area contributed by atoms with Crippen molar-refractivity contribution in [1.29, 1.82) is 0 Å². The Labute approximate surface area is 144 Å². The lowest BCUT2D eigenvalue weighted by atomic mass is 10.1. The maximum Gasteiger partial charge on any atom is 0.303 e. The highest BCUT2D eigenvalue weighted by Gasteiger charge is 1.92. The van der Waals surface area contributed by atoms with Crippen molar-refractivity contribution in [3.05, 3.63) is 24.3 Å². The van der Waals surface area contributed by atoms with E-state index in [1.165, 1.54) is 77.0 Å². The van der Waals surface area contributed by atoms with E-state index in [0.717, 1.165) is 6.42 Å². The summed E-state index contributed by atoms with van der Waals surface area (Å²) in [6.07, 6.45) is 26.8. The number of unbranched alkanes of at least 4 members (excludes halogenated alkanes) is 11. The van der Waals surface area contributed by atoms with Crippen LogP contribution >= 0.6 is 0 Å². The molecular formula is C21H38O2. The molecule has 0 saturated heterocycles. The number of aliphatic carboxylic acids is 1. The highest BCUT2D eigenvalue weighted by molar-refractivity contribution is 5.66. The largest absolute Gasteiger partial charge is 0.481 e. The number of carboxylic acids is 1. The molecule has 0 rings (SSSR count). The average Bonchev–Trinajstić information content (AvgIpc) is 2.53. The van der Waals surface area contributed by atoms with E-state index in [2.05, 4.69) is 25.2 Å². The molecular weight excluding hydrogens is 284 g/mol. The highest BCUT2D eigenvalue weighted by Crippen LogP contribution is 2.12. The summed E-state index contributed by atoms with van der Waals surface area (Å²) in [6.45, 7) is 2.27. The number of hydrogen-bond acceptors (Lipinski definition) is 1. The van der Waals surface area contributed by atoms with Crippen molar-refractivity contribution >= 4 is 5.97 Å². The van der Waals surface area contributed by atoms with Crippen LogP contribution in [0.25, 0.3) is 0 Å². The third-order valence-corrected chi connectivity index (χ3v) is 4.10. The van der Waals surface area contributed by atoms with Crippen LogP contribution in [0, 0.1) is 0 Å². The van der Waals surface area contributed by atoms with E-state index in [9.17, 15) is 4.79 Å². The normalized spacial score (nSPS) is 11.7. The third-order valence-electron chi connectivity index (χ3n) is 4.10. The molecule has 0 unspecified atom stereocenters. The molecule has 0 aromatic heterocycles. The van der Waals surface area contributed by atoms with Gasteiger partial charge in [0.1, 0.15) is 0 Å².